The third-order valence-electron chi connectivity index (χ3n) is 2.92. The van der Waals surface area contributed by atoms with Crippen LogP contribution >= 0.6 is 0 Å². The van der Waals surface area contributed by atoms with Crippen LogP contribution in [0.15, 0.2) is 30.6 Å². The number of aryl methyl sites for hydroxylation is 1. The number of phenolic OH excluding ortho intramolecular Hbond substituents is 1. The number of carbonyl (C=O) groups excluding carboxylic acids is 1. The number of ketones is 1. The fourth-order valence-corrected chi connectivity index (χ4v) is 1.85. The molecular weight excluding hydrogens is 272 g/mol. The van der Waals surface area contributed by atoms with Crippen molar-refractivity contribution in [3.8, 4) is 17.2 Å². The van der Waals surface area contributed by atoms with Gasteiger partial charge in [-0.3, -0.25) is 9.48 Å². The van der Waals surface area contributed by atoms with Crippen molar-refractivity contribution in [3.63, 3.8) is 0 Å². The van der Waals surface area contributed by atoms with Crippen molar-refractivity contribution in [3.05, 3.63) is 41.7 Å². The van der Waals surface area contributed by atoms with Gasteiger partial charge in [-0.1, -0.05) is 0 Å². The molecule has 1 heterocycles. The number of ether oxygens (including phenoxy) is 2. The van der Waals surface area contributed by atoms with Crippen LogP contribution in [0.4, 0.5) is 0 Å². The van der Waals surface area contributed by atoms with Crippen LogP contribution in [0, 0.1) is 0 Å². The molecule has 1 N–H and O–H groups in total. The predicted molar refractivity (Wildman–Crippen MR) is 77.8 cm³/mol. The van der Waals surface area contributed by atoms with Gasteiger partial charge in [0.25, 0.3) is 0 Å². The molecule has 0 unspecified atom stereocenters. The van der Waals surface area contributed by atoms with Gasteiger partial charge >= 0.3 is 0 Å². The number of aromatic hydroxyl groups is 1. The maximum atomic E-state index is 12.1. The molecule has 0 amide bonds. The smallest absolute Gasteiger partial charge is 0.189 e. The molecule has 6 heteroatoms. The highest BCUT2D eigenvalue weighted by Gasteiger charge is 2.14. The molecule has 0 aliphatic heterocycles. The summed E-state index contributed by atoms with van der Waals surface area (Å²) in [5.41, 5.74) is 0.943. The van der Waals surface area contributed by atoms with Crippen molar-refractivity contribution < 1.29 is 19.4 Å². The van der Waals surface area contributed by atoms with Crippen LogP contribution < -0.4 is 9.47 Å². The van der Waals surface area contributed by atoms with Crippen molar-refractivity contribution >= 4 is 11.9 Å². The van der Waals surface area contributed by atoms with Crippen molar-refractivity contribution in [1.82, 2.24) is 9.78 Å². The molecule has 110 valence electrons. The Morgan fingerprint density at radius 2 is 1.95 bits per heavy atom. The number of methoxy groups -OCH3 is 2. The Labute approximate surface area is 122 Å². The number of benzene rings is 1. The molecule has 0 aliphatic rings. The molecule has 21 heavy (non-hydrogen) atoms. The highest BCUT2D eigenvalue weighted by atomic mass is 16.5. The molecule has 0 bridgehead atoms. The van der Waals surface area contributed by atoms with E-state index in [0.29, 0.717) is 11.5 Å². The summed E-state index contributed by atoms with van der Waals surface area (Å²) in [6.45, 7) is 0. The number of carbonyl (C=O) groups is 1. The zero-order valence-corrected chi connectivity index (χ0v) is 12.0. The summed E-state index contributed by atoms with van der Waals surface area (Å²) in [6.07, 6.45) is 6.42. The molecule has 0 fully saturated rings. The first-order valence-electron chi connectivity index (χ1n) is 6.21. The number of aromatic nitrogens is 2. The molecule has 0 spiro atoms. The lowest BCUT2D eigenvalue weighted by molar-refractivity contribution is 0.104. The first-order valence-corrected chi connectivity index (χ1v) is 6.21. The standard InChI is InChI=1S/C15H16N2O4/c1-17-9-10(8-16-17)4-5-12(18)11-6-14(20-2)15(21-3)7-13(11)19/h4-9,19H,1-3H3/b5-4+. The highest BCUT2D eigenvalue weighted by Crippen LogP contribution is 2.34. The lowest BCUT2D eigenvalue weighted by Crippen LogP contribution is -1.98. The van der Waals surface area contributed by atoms with Gasteiger partial charge < -0.3 is 14.6 Å². The third kappa shape index (κ3) is 3.22. The molecule has 6 nitrogen and oxygen atoms in total. The average molecular weight is 288 g/mol. The van der Waals surface area contributed by atoms with Gasteiger partial charge in [-0.25, -0.2) is 0 Å². The van der Waals surface area contributed by atoms with E-state index in [0.717, 1.165) is 5.56 Å². The Morgan fingerprint density at radius 1 is 1.29 bits per heavy atom. The van der Waals surface area contributed by atoms with Crippen molar-refractivity contribution in [2.45, 2.75) is 0 Å². The van der Waals surface area contributed by atoms with Crippen LogP contribution in [0.1, 0.15) is 15.9 Å². The normalized spacial score (nSPS) is 10.8. The zero-order chi connectivity index (χ0) is 15.4. The quantitative estimate of drug-likeness (QED) is 0.673. The molecule has 0 atom stereocenters. The predicted octanol–water partition coefficient (Wildman–Crippen LogP) is 2.04. The Morgan fingerprint density at radius 3 is 2.52 bits per heavy atom. The lowest BCUT2D eigenvalue weighted by Gasteiger charge is -2.10. The zero-order valence-electron chi connectivity index (χ0n) is 12.0. The van der Waals surface area contributed by atoms with E-state index < -0.39 is 0 Å². The summed E-state index contributed by atoms with van der Waals surface area (Å²) in [5, 5.41) is 13.9. The second-order valence-corrected chi connectivity index (χ2v) is 4.37. The SMILES string of the molecule is COc1cc(O)c(C(=O)/C=C/c2cnn(C)c2)cc1OC. The van der Waals surface area contributed by atoms with Crippen LogP contribution in [0.25, 0.3) is 6.08 Å². The highest BCUT2D eigenvalue weighted by molar-refractivity contribution is 6.09. The first-order chi connectivity index (χ1) is 10.0. The average Bonchev–Trinajstić information content (AvgIpc) is 2.90. The van der Waals surface area contributed by atoms with Gasteiger partial charge in [-0.15, -0.1) is 0 Å². The molecule has 0 radical (unpaired) electrons. The van der Waals surface area contributed by atoms with E-state index in [1.807, 2.05) is 0 Å². The van der Waals surface area contributed by atoms with Crippen LogP contribution in [0.3, 0.4) is 0 Å². The number of phenols is 1. The van der Waals surface area contributed by atoms with Gasteiger partial charge in [0.15, 0.2) is 17.3 Å². The summed E-state index contributed by atoms with van der Waals surface area (Å²) < 4.78 is 11.8. The number of allylic oxidation sites excluding steroid dienone is 1. The largest absolute Gasteiger partial charge is 0.507 e. The summed E-state index contributed by atoms with van der Waals surface area (Å²) >= 11 is 0. The lowest BCUT2D eigenvalue weighted by atomic mass is 10.1. The number of hydrogen-bond donors (Lipinski definition) is 1. The minimum atomic E-state index is -0.336. The van der Waals surface area contributed by atoms with Crippen molar-refractivity contribution in [2.24, 2.45) is 7.05 Å². The third-order valence-corrected chi connectivity index (χ3v) is 2.92. The van der Waals surface area contributed by atoms with E-state index in [1.54, 1.807) is 30.2 Å². The minimum Gasteiger partial charge on any atom is -0.507 e. The van der Waals surface area contributed by atoms with E-state index in [1.165, 1.54) is 32.4 Å². The number of nitrogens with zero attached hydrogens (tertiary/aromatic N) is 2. The second kappa shape index (κ2) is 6.13. The van der Waals surface area contributed by atoms with E-state index in [2.05, 4.69) is 5.10 Å². The van der Waals surface area contributed by atoms with Gasteiger partial charge in [0.2, 0.25) is 0 Å². The maximum Gasteiger partial charge on any atom is 0.189 e. The second-order valence-electron chi connectivity index (χ2n) is 4.37. The fourth-order valence-electron chi connectivity index (χ4n) is 1.85. The van der Waals surface area contributed by atoms with Crippen molar-refractivity contribution in [2.75, 3.05) is 14.2 Å². The van der Waals surface area contributed by atoms with E-state index in [-0.39, 0.29) is 17.1 Å². The number of hydrogen-bond acceptors (Lipinski definition) is 5. The molecule has 2 rings (SSSR count). The van der Waals surface area contributed by atoms with Crippen LogP contribution in [-0.2, 0) is 7.05 Å². The maximum absolute atomic E-state index is 12.1. The number of rotatable bonds is 5. The minimum absolute atomic E-state index is 0.146. The van der Waals surface area contributed by atoms with Crippen molar-refractivity contribution in [1.29, 1.82) is 0 Å². The Hall–Kier alpha value is -2.76. The summed E-state index contributed by atoms with van der Waals surface area (Å²) in [5.74, 6) is 0.252. The van der Waals surface area contributed by atoms with Gasteiger partial charge in [0.05, 0.1) is 26.0 Å². The van der Waals surface area contributed by atoms with Gasteiger partial charge in [0.1, 0.15) is 5.75 Å². The Balaban J connectivity index is 2.28. The van der Waals surface area contributed by atoms with Gasteiger partial charge in [0, 0.05) is 24.9 Å². The topological polar surface area (TPSA) is 73.6 Å². The van der Waals surface area contributed by atoms with Gasteiger partial charge in [-0.05, 0) is 18.2 Å². The molecular formula is C15H16N2O4. The molecule has 2 aromatic rings. The van der Waals surface area contributed by atoms with E-state index >= 15 is 0 Å². The van der Waals surface area contributed by atoms with E-state index in [9.17, 15) is 9.90 Å². The monoisotopic (exact) mass is 288 g/mol. The summed E-state index contributed by atoms with van der Waals surface area (Å²) in [6, 6.07) is 2.80. The summed E-state index contributed by atoms with van der Waals surface area (Å²) in [7, 11) is 4.72. The molecule has 1 aromatic carbocycles. The molecule has 1 aromatic heterocycles. The Kier molecular flexibility index (Phi) is 4.27. The molecule has 0 saturated heterocycles. The first kappa shape index (κ1) is 14.6. The summed E-state index contributed by atoms with van der Waals surface area (Å²) in [4.78, 5) is 12.1. The van der Waals surface area contributed by atoms with E-state index in [4.69, 9.17) is 9.47 Å². The fraction of sp³-hybridized carbons (Fsp3) is 0.200. The Bertz CT molecular complexity index is 689. The molecule has 0 saturated carbocycles. The molecule has 0 aliphatic carbocycles. The van der Waals surface area contributed by atoms with Gasteiger partial charge in [-0.2, -0.15) is 5.10 Å². The van der Waals surface area contributed by atoms with Crippen LogP contribution in [-0.4, -0.2) is 34.9 Å². The van der Waals surface area contributed by atoms with Crippen LogP contribution in [0.2, 0.25) is 0 Å². The van der Waals surface area contributed by atoms with Crippen LogP contribution in [0.5, 0.6) is 17.2 Å².